The van der Waals surface area contributed by atoms with Crippen LogP contribution in [0.25, 0.3) is 0 Å². The highest BCUT2D eigenvalue weighted by Crippen LogP contribution is 2.14. The molecule has 96 valence electrons. The van der Waals surface area contributed by atoms with E-state index in [1.807, 2.05) is 0 Å². The second kappa shape index (κ2) is 6.18. The van der Waals surface area contributed by atoms with Crippen molar-refractivity contribution in [1.82, 2.24) is 5.43 Å². The fourth-order valence-electron chi connectivity index (χ4n) is 1.04. The van der Waals surface area contributed by atoms with Gasteiger partial charge in [0.25, 0.3) is 5.69 Å². The molecule has 0 heterocycles. The van der Waals surface area contributed by atoms with Gasteiger partial charge in [-0.1, -0.05) is 0 Å². The minimum atomic E-state index is -1.01. The van der Waals surface area contributed by atoms with Gasteiger partial charge in [0, 0.05) is 12.1 Å². The van der Waals surface area contributed by atoms with Gasteiger partial charge in [0.2, 0.25) is 0 Å². The van der Waals surface area contributed by atoms with Crippen molar-refractivity contribution in [2.75, 3.05) is 12.0 Å². The Bertz CT molecular complexity index is 457. The zero-order valence-corrected chi connectivity index (χ0v) is 9.50. The lowest BCUT2D eigenvalue weighted by Gasteiger charge is -2.07. The highest BCUT2D eigenvalue weighted by Gasteiger charge is 2.13. The van der Waals surface area contributed by atoms with Gasteiger partial charge >= 0.3 is 11.9 Å². The Morgan fingerprint density at radius 2 is 1.94 bits per heavy atom. The Morgan fingerprint density at radius 1 is 1.33 bits per heavy atom. The predicted molar refractivity (Wildman–Crippen MR) is 61.5 cm³/mol. The number of benzene rings is 1. The fourth-order valence-corrected chi connectivity index (χ4v) is 1.04. The number of hydrazine groups is 1. The third-order valence-electron chi connectivity index (χ3n) is 1.86. The van der Waals surface area contributed by atoms with E-state index in [-0.39, 0.29) is 12.3 Å². The maximum Gasteiger partial charge on any atom is 0.398 e. The number of amides is 1. The van der Waals surface area contributed by atoms with E-state index in [0.29, 0.717) is 5.69 Å². The van der Waals surface area contributed by atoms with Gasteiger partial charge in [0.15, 0.2) is 0 Å². The zero-order chi connectivity index (χ0) is 13.5. The van der Waals surface area contributed by atoms with E-state index in [4.69, 9.17) is 0 Å². The molecule has 1 rings (SSSR count). The number of ether oxygens (including phenoxy) is 1. The van der Waals surface area contributed by atoms with Crippen molar-refractivity contribution >= 4 is 23.3 Å². The number of nitrogens with zero attached hydrogens (tertiary/aromatic N) is 1. The first-order valence-corrected chi connectivity index (χ1v) is 5.02. The van der Waals surface area contributed by atoms with Crippen molar-refractivity contribution in [1.29, 1.82) is 0 Å². The van der Waals surface area contributed by atoms with E-state index in [1.54, 1.807) is 6.92 Å². The van der Waals surface area contributed by atoms with Crippen LogP contribution in [0.1, 0.15) is 6.92 Å². The molecule has 18 heavy (non-hydrogen) atoms. The van der Waals surface area contributed by atoms with Crippen LogP contribution < -0.4 is 10.9 Å². The van der Waals surface area contributed by atoms with E-state index >= 15 is 0 Å². The topological polar surface area (TPSA) is 111 Å². The van der Waals surface area contributed by atoms with Crippen molar-refractivity contribution in [3.63, 3.8) is 0 Å². The average Bonchev–Trinajstić information content (AvgIpc) is 2.36. The molecule has 0 bridgehead atoms. The van der Waals surface area contributed by atoms with Crippen LogP contribution in [-0.4, -0.2) is 23.4 Å². The molecule has 0 atom stereocenters. The summed E-state index contributed by atoms with van der Waals surface area (Å²) in [5.74, 6) is -1.96. The molecule has 0 radical (unpaired) electrons. The molecule has 2 N–H and O–H groups in total. The Morgan fingerprint density at radius 3 is 2.44 bits per heavy atom. The van der Waals surface area contributed by atoms with Crippen LogP contribution in [0, 0.1) is 10.1 Å². The summed E-state index contributed by atoms with van der Waals surface area (Å²) < 4.78 is 4.46. The monoisotopic (exact) mass is 253 g/mol. The van der Waals surface area contributed by atoms with E-state index in [2.05, 4.69) is 15.6 Å². The Hall–Kier alpha value is -2.64. The summed E-state index contributed by atoms with van der Waals surface area (Å²) in [5, 5.41) is 10.4. The predicted octanol–water partition coefficient (Wildman–Crippen LogP) is 0.601. The van der Waals surface area contributed by atoms with Crippen LogP contribution in [0.15, 0.2) is 24.3 Å². The van der Waals surface area contributed by atoms with Gasteiger partial charge in [0.1, 0.15) is 0 Å². The van der Waals surface area contributed by atoms with Gasteiger partial charge < -0.3 is 4.74 Å². The number of nitrogens with one attached hydrogen (secondary N) is 2. The molecule has 0 aromatic heterocycles. The van der Waals surface area contributed by atoms with Gasteiger partial charge in [-0.2, -0.15) is 0 Å². The van der Waals surface area contributed by atoms with Crippen LogP contribution in [0.5, 0.6) is 0 Å². The molecule has 1 amide bonds. The van der Waals surface area contributed by atoms with Crippen LogP contribution in [-0.2, 0) is 14.3 Å². The summed E-state index contributed by atoms with van der Waals surface area (Å²) in [7, 11) is 0. The molecule has 0 saturated heterocycles. The van der Waals surface area contributed by atoms with Gasteiger partial charge in [-0.05, 0) is 19.1 Å². The van der Waals surface area contributed by atoms with E-state index in [0.717, 1.165) is 0 Å². The van der Waals surface area contributed by atoms with Gasteiger partial charge in [0.05, 0.1) is 17.2 Å². The third-order valence-corrected chi connectivity index (χ3v) is 1.86. The van der Waals surface area contributed by atoms with Crippen LogP contribution >= 0.6 is 0 Å². The minimum absolute atomic E-state index is 0.0720. The first kappa shape index (κ1) is 13.4. The summed E-state index contributed by atoms with van der Waals surface area (Å²) >= 11 is 0. The Labute approximate surface area is 102 Å². The second-order valence-electron chi connectivity index (χ2n) is 3.10. The lowest BCUT2D eigenvalue weighted by Crippen LogP contribution is -2.36. The zero-order valence-electron chi connectivity index (χ0n) is 9.50. The molecule has 0 saturated carbocycles. The molecule has 0 unspecified atom stereocenters. The van der Waals surface area contributed by atoms with Gasteiger partial charge in [-0.25, -0.2) is 4.79 Å². The molecule has 0 aliphatic rings. The second-order valence-corrected chi connectivity index (χ2v) is 3.10. The molecule has 0 aliphatic carbocycles. The molecule has 0 fully saturated rings. The first-order chi connectivity index (χ1) is 8.54. The number of nitro groups is 1. The number of rotatable bonds is 4. The average molecular weight is 253 g/mol. The molecular formula is C10H11N3O5. The molecule has 1 aromatic carbocycles. The summed E-state index contributed by atoms with van der Waals surface area (Å²) in [4.78, 5) is 31.9. The Balaban J connectivity index is 2.51. The van der Waals surface area contributed by atoms with Crippen molar-refractivity contribution < 1.29 is 19.2 Å². The lowest BCUT2D eigenvalue weighted by molar-refractivity contribution is -0.384. The maximum atomic E-state index is 11.1. The summed E-state index contributed by atoms with van der Waals surface area (Å²) in [6.45, 7) is 1.68. The Kier molecular flexibility index (Phi) is 4.61. The summed E-state index contributed by atoms with van der Waals surface area (Å²) in [5.41, 5.74) is 4.85. The fraction of sp³-hybridized carbons (Fsp3) is 0.200. The number of hydrogen-bond donors (Lipinski definition) is 2. The van der Waals surface area contributed by atoms with Crippen molar-refractivity contribution in [3.05, 3.63) is 34.4 Å². The molecule has 0 aliphatic heterocycles. The number of carbonyl (C=O) groups excluding carboxylic acids is 2. The molecule has 8 heteroatoms. The third kappa shape index (κ3) is 3.74. The van der Waals surface area contributed by atoms with Crippen molar-refractivity contribution in [2.45, 2.75) is 6.92 Å². The minimum Gasteiger partial charge on any atom is -0.459 e. The highest BCUT2D eigenvalue weighted by molar-refractivity contribution is 6.32. The maximum absolute atomic E-state index is 11.1. The number of carbonyl (C=O) groups is 2. The lowest BCUT2D eigenvalue weighted by atomic mass is 10.3. The normalized spacial score (nSPS) is 9.39. The number of hydrogen-bond acceptors (Lipinski definition) is 6. The van der Waals surface area contributed by atoms with E-state index in [1.165, 1.54) is 24.3 Å². The first-order valence-electron chi connectivity index (χ1n) is 5.02. The number of anilines is 1. The molecule has 0 spiro atoms. The van der Waals surface area contributed by atoms with E-state index < -0.39 is 16.8 Å². The molecular weight excluding hydrogens is 242 g/mol. The molecule has 8 nitrogen and oxygen atoms in total. The molecule has 1 aromatic rings. The quantitative estimate of drug-likeness (QED) is 0.352. The number of non-ortho nitro benzene ring substituents is 1. The van der Waals surface area contributed by atoms with E-state index in [9.17, 15) is 19.7 Å². The van der Waals surface area contributed by atoms with Crippen molar-refractivity contribution in [2.24, 2.45) is 0 Å². The highest BCUT2D eigenvalue weighted by atomic mass is 16.6. The van der Waals surface area contributed by atoms with Crippen LogP contribution in [0.2, 0.25) is 0 Å². The number of nitro benzene ring substituents is 1. The summed E-state index contributed by atoms with van der Waals surface area (Å²) in [6.07, 6.45) is 0. The van der Waals surface area contributed by atoms with Gasteiger partial charge in [-0.3, -0.25) is 25.8 Å². The smallest absolute Gasteiger partial charge is 0.398 e. The van der Waals surface area contributed by atoms with Gasteiger partial charge in [-0.15, -0.1) is 0 Å². The largest absolute Gasteiger partial charge is 0.459 e. The van der Waals surface area contributed by atoms with Crippen LogP contribution in [0.3, 0.4) is 0 Å². The summed E-state index contributed by atoms with van der Waals surface area (Å²) in [6, 6.07) is 5.31. The number of esters is 1. The van der Waals surface area contributed by atoms with Crippen LogP contribution in [0.4, 0.5) is 11.4 Å². The standard InChI is InChI=1S/C10H11N3O5/c1-2-18-10(15)9(14)12-11-7-3-5-8(6-4-7)13(16)17/h3-6,11H,2H2,1H3,(H,12,14). The van der Waals surface area contributed by atoms with Crippen molar-refractivity contribution in [3.8, 4) is 0 Å². The SMILES string of the molecule is CCOC(=O)C(=O)NNc1ccc([N+](=O)[O-])cc1.